The first-order valence-electron chi connectivity index (χ1n) is 10.1. The van der Waals surface area contributed by atoms with Gasteiger partial charge in [0, 0.05) is 20.6 Å². The molecule has 1 fully saturated rings. The summed E-state index contributed by atoms with van der Waals surface area (Å²) in [6.45, 7) is 2.27. The lowest BCUT2D eigenvalue weighted by Crippen LogP contribution is -2.44. The fourth-order valence-corrected chi connectivity index (χ4v) is 4.76. The maximum Gasteiger partial charge on any atom is 0.285 e. The van der Waals surface area contributed by atoms with E-state index in [4.69, 9.17) is 28.6 Å². The second kappa shape index (κ2) is 10.7. The summed E-state index contributed by atoms with van der Waals surface area (Å²) in [5.41, 5.74) is 5.74. The zero-order valence-electron chi connectivity index (χ0n) is 17.9. The van der Waals surface area contributed by atoms with Crippen molar-refractivity contribution in [1.82, 2.24) is 10.4 Å². The molecule has 4 rings (SSSR count). The van der Waals surface area contributed by atoms with Crippen molar-refractivity contribution in [3.63, 3.8) is 0 Å². The van der Waals surface area contributed by atoms with E-state index in [0.29, 0.717) is 33.4 Å². The zero-order valence-corrected chi connectivity index (χ0v) is 21.9. The number of hydrogen-bond donors (Lipinski definition) is 1. The lowest BCUT2D eigenvalue weighted by molar-refractivity contribution is -0.123. The molecule has 0 spiro atoms. The fraction of sp³-hybridized carbons (Fsp3) is 0.0800. The molecule has 3 aromatic carbocycles. The number of nitrogens with zero attached hydrogens (tertiary/aromatic N) is 1. The Bertz CT molecular complexity index is 1290. The van der Waals surface area contributed by atoms with Gasteiger partial charge in [0.25, 0.3) is 11.8 Å². The van der Waals surface area contributed by atoms with Gasteiger partial charge in [-0.15, -0.1) is 0 Å². The minimum Gasteiger partial charge on any atom is -0.488 e. The highest BCUT2D eigenvalue weighted by Gasteiger charge is 2.34. The molecule has 0 aliphatic carbocycles. The molecule has 3 aromatic rings. The van der Waals surface area contributed by atoms with Crippen LogP contribution in [0.1, 0.15) is 27.0 Å². The molecule has 0 unspecified atom stereocenters. The number of carbonyl (C=O) groups excluding carboxylic acids is 2. The molecule has 0 atom stereocenters. The smallest absolute Gasteiger partial charge is 0.285 e. The average Bonchev–Trinajstić information content (AvgIpc) is 3.07. The van der Waals surface area contributed by atoms with Gasteiger partial charge in [-0.2, -0.15) is 5.01 Å². The SMILES string of the molecule is Cc1ccc(C(=O)NN2C(=O)/C(=C\c3cc(Br)ccc3OCc3ccc(Cl)cc3)SC2=S)cc1. The lowest BCUT2D eigenvalue weighted by Gasteiger charge is -2.15. The molecule has 0 aromatic heterocycles. The second-order valence-corrected chi connectivity index (χ2v) is 10.4. The van der Waals surface area contributed by atoms with E-state index in [-0.39, 0.29) is 4.32 Å². The summed E-state index contributed by atoms with van der Waals surface area (Å²) in [4.78, 5) is 26.0. The summed E-state index contributed by atoms with van der Waals surface area (Å²) < 4.78 is 7.08. The number of thioether (sulfide) groups is 1. The van der Waals surface area contributed by atoms with Crippen molar-refractivity contribution < 1.29 is 14.3 Å². The Labute approximate surface area is 220 Å². The van der Waals surface area contributed by atoms with Crippen molar-refractivity contribution in [2.24, 2.45) is 0 Å². The molecule has 0 saturated carbocycles. The maximum atomic E-state index is 13.0. The fourth-order valence-electron chi connectivity index (χ4n) is 3.08. The molecule has 1 aliphatic heterocycles. The molecular weight excluding hydrogens is 556 g/mol. The number of thiocarbonyl (C=S) groups is 1. The van der Waals surface area contributed by atoms with Crippen molar-refractivity contribution >= 4 is 73.7 Å². The van der Waals surface area contributed by atoms with Gasteiger partial charge in [-0.25, -0.2) is 0 Å². The van der Waals surface area contributed by atoms with Crippen LogP contribution in [0.2, 0.25) is 5.02 Å². The molecule has 34 heavy (non-hydrogen) atoms. The van der Waals surface area contributed by atoms with E-state index < -0.39 is 11.8 Å². The maximum absolute atomic E-state index is 13.0. The van der Waals surface area contributed by atoms with Crippen LogP contribution in [0.5, 0.6) is 5.75 Å². The zero-order chi connectivity index (χ0) is 24.2. The molecule has 1 saturated heterocycles. The minimum absolute atomic E-state index is 0.246. The van der Waals surface area contributed by atoms with Gasteiger partial charge in [-0.3, -0.25) is 15.0 Å². The van der Waals surface area contributed by atoms with E-state index in [0.717, 1.165) is 32.4 Å². The van der Waals surface area contributed by atoms with E-state index in [2.05, 4.69) is 21.4 Å². The van der Waals surface area contributed by atoms with Gasteiger partial charge in [-0.1, -0.05) is 69.1 Å². The number of nitrogens with one attached hydrogen (secondary N) is 1. The Balaban J connectivity index is 1.52. The van der Waals surface area contributed by atoms with Crippen LogP contribution < -0.4 is 10.2 Å². The predicted octanol–water partition coefficient (Wildman–Crippen LogP) is 6.54. The summed E-state index contributed by atoms with van der Waals surface area (Å²) >= 11 is 15.9. The van der Waals surface area contributed by atoms with E-state index in [9.17, 15) is 9.59 Å². The number of halogens is 2. The number of amides is 2. The van der Waals surface area contributed by atoms with Crippen LogP contribution in [-0.2, 0) is 11.4 Å². The monoisotopic (exact) mass is 572 g/mol. The third-order valence-corrected chi connectivity index (χ3v) is 6.93. The largest absolute Gasteiger partial charge is 0.488 e. The molecule has 1 N–H and O–H groups in total. The van der Waals surface area contributed by atoms with Crippen LogP contribution in [0.4, 0.5) is 0 Å². The van der Waals surface area contributed by atoms with Crippen molar-refractivity contribution in [3.8, 4) is 5.75 Å². The Morgan fingerprint density at radius 1 is 1.15 bits per heavy atom. The summed E-state index contributed by atoms with van der Waals surface area (Å²) in [6.07, 6.45) is 1.71. The molecule has 0 bridgehead atoms. The number of rotatable bonds is 6. The van der Waals surface area contributed by atoms with Gasteiger partial charge in [0.15, 0.2) is 4.32 Å². The van der Waals surface area contributed by atoms with Crippen LogP contribution in [0.25, 0.3) is 6.08 Å². The van der Waals surface area contributed by atoms with Crippen molar-refractivity contribution in [3.05, 3.63) is 103 Å². The lowest BCUT2D eigenvalue weighted by atomic mass is 10.1. The molecule has 5 nitrogen and oxygen atoms in total. The standard InChI is InChI=1S/C25H18BrClN2O3S2/c1-15-2-6-17(7-3-15)23(30)28-29-24(31)22(34-25(29)33)13-18-12-19(26)8-11-21(18)32-14-16-4-9-20(27)10-5-16/h2-13H,14H2,1H3,(H,28,30)/b22-13+. The number of hydrazine groups is 1. The molecule has 1 aliphatic rings. The van der Waals surface area contributed by atoms with Gasteiger partial charge >= 0.3 is 0 Å². The summed E-state index contributed by atoms with van der Waals surface area (Å²) in [5, 5.41) is 1.75. The van der Waals surface area contributed by atoms with Crippen LogP contribution in [-0.4, -0.2) is 21.1 Å². The van der Waals surface area contributed by atoms with Crippen molar-refractivity contribution in [1.29, 1.82) is 0 Å². The first-order valence-corrected chi connectivity index (χ1v) is 12.5. The highest BCUT2D eigenvalue weighted by Crippen LogP contribution is 2.34. The third-order valence-electron chi connectivity index (χ3n) is 4.89. The second-order valence-electron chi connectivity index (χ2n) is 7.42. The molecular formula is C25H18BrClN2O3S2. The molecule has 0 radical (unpaired) electrons. The third kappa shape index (κ3) is 5.88. The first kappa shape index (κ1) is 24.5. The number of aryl methyl sites for hydroxylation is 1. The molecule has 9 heteroatoms. The topological polar surface area (TPSA) is 58.6 Å². The van der Waals surface area contributed by atoms with Crippen LogP contribution >= 0.6 is 51.5 Å². The Morgan fingerprint density at radius 3 is 2.56 bits per heavy atom. The summed E-state index contributed by atoms with van der Waals surface area (Å²) in [7, 11) is 0. The molecule has 1 heterocycles. The normalized spacial score (nSPS) is 14.6. The van der Waals surface area contributed by atoms with Gasteiger partial charge in [0.1, 0.15) is 12.4 Å². The number of benzene rings is 3. The van der Waals surface area contributed by atoms with E-state index in [1.54, 1.807) is 30.3 Å². The minimum atomic E-state index is -0.410. The predicted molar refractivity (Wildman–Crippen MR) is 144 cm³/mol. The summed E-state index contributed by atoms with van der Waals surface area (Å²) in [5.74, 6) is -0.210. The Kier molecular flexibility index (Phi) is 7.73. The first-order chi connectivity index (χ1) is 16.3. The summed E-state index contributed by atoms with van der Waals surface area (Å²) in [6, 6.07) is 20.0. The Hall–Kier alpha value is -2.65. The van der Waals surface area contributed by atoms with Gasteiger partial charge in [-0.05, 0) is 73.2 Å². The average molecular weight is 574 g/mol. The number of ether oxygens (including phenoxy) is 1. The van der Waals surface area contributed by atoms with Crippen LogP contribution in [0.3, 0.4) is 0 Å². The van der Waals surface area contributed by atoms with Gasteiger partial charge in [0.05, 0.1) is 4.91 Å². The highest BCUT2D eigenvalue weighted by atomic mass is 79.9. The van der Waals surface area contributed by atoms with E-state index in [1.165, 1.54) is 0 Å². The molecule has 172 valence electrons. The van der Waals surface area contributed by atoms with E-state index in [1.807, 2.05) is 49.4 Å². The van der Waals surface area contributed by atoms with Gasteiger partial charge in [0.2, 0.25) is 0 Å². The highest BCUT2D eigenvalue weighted by molar-refractivity contribution is 9.10. The van der Waals surface area contributed by atoms with Gasteiger partial charge < -0.3 is 4.74 Å². The number of carbonyl (C=O) groups is 2. The molecule has 2 amide bonds. The Morgan fingerprint density at radius 2 is 1.85 bits per heavy atom. The van der Waals surface area contributed by atoms with Crippen molar-refractivity contribution in [2.45, 2.75) is 13.5 Å². The van der Waals surface area contributed by atoms with Crippen LogP contribution in [0, 0.1) is 6.92 Å². The quantitative estimate of drug-likeness (QED) is 0.268. The number of hydrogen-bond acceptors (Lipinski definition) is 5. The van der Waals surface area contributed by atoms with Crippen LogP contribution in [0.15, 0.2) is 76.1 Å². The van der Waals surface area contributed by atoms with Crippen molar-refractivity contribution in [2.75, 3.05) is 0 Å². The van der Waals surface area contributed by atoms with E-state index >= 15 is 0 Å².